The lowest BCUT2D eigenvalue weighted by atomic mass is 9.90. The highest BCUT2D eigenvalue weighted by Gasteiger charge is 2.49. The smallest absolute Gasteiger partial charge is 0.271 e. The van der Waals surface area contributed by atoms with E-state index in [0.29, 0.717) is 12.2 Å². The zero-order valence-electron chi connectivity index (χ0n) is 18.8. The van der Waals surface area contributed by atoms with Gasteiger partial charge in [-0.15, -0.1) is 11.3 Å². The predicted molar refractivity (Wildman–Crippen MR) is 129 cm³/mol. The third-order valence-corrected chi connectivity index (χ3v) is 8.13. The van der Waals surface area contributed by atoms with Crippen LogP contribution in [0.3, 0.4) is 0 Å². The number of fused-ring (bicyclic) bond motifs is 3. The Bertz CT molecular complexity index is 1130. The molecule has 2 aromatic heterocycles. The van der Waals surface area contributed by atoms with Crippen LogP contribution in [0, 0.1) is 0 Å². The van der Waals surface area contributed by atoms with E-state index in [0.717, 1.165) is 48.7 Å². The van der Waals surface area contributed by atoms with Gasteiger partial charge in [-0.25, -0.2) is 0 Å². The first kappa shape index (κ1) is 21.3. The van der Waals surface area contributed by atoms with Crippen LogP contribution >= 0.6 is 11.3 Å². The largest absolute Gasteiger partial charge is 0.351 e. The van der Waals surface area contributed by atoms with E-state index >= 15 is 0 Å². The molecule has 0 radical (unpaired) electrons. The molecule has 5 rings (SSSR count). The highest BCUT2D eigenvalue weighted by Crippen LogP contribution is 2.36. The van der Waals surface area contributed by atoms with Crippen LogP contribution in [-0.2, 0) is 17.8 Å². The van der Waals surface area contributed by atoms with Gasteiger partial charge in [0.2, 0.25) is 5.91 Å². The van der Waals surface area contributed by atoms with Crippen LogP contribution < -0.4 is 5.32 Å². The summed E-state index contributed by atoms with van der Waals surface area (Å²) in [5.41, 5.74) is 2.08. The molecular weight excluding hydrogens is 418 g/mol. The van der Waals surface area contributed by atoms with Crippen LogP contribution in [0.15, 0.2) is 47.8 Å². The Kier molecular flexibility index (Phi) is 5.58. The van der Waals surface area contributed by atoms with Crippen molar-refractivity contribution >= 4 is 33.4 Å². The third-order valence-electron chi connectivity index (χ3n) is 7.27. The summed E-state index contributed by atoms with van der Waals surface area (Å²) in [5.74, 6) is -0.0590. The normalized spacial score (nSPS) is 22.3. The fraction of sp³-hybridized carbons (Fsp3) is 0.462. The molecule has 32 heavy (non-hydrogen) atoms. The van der Waals surface area contributed by atoms with Gasteiger partial charge in [-0.3, -0.25) is 9.59 Å². The first-order valence-corrected chi connectivity index (χ1v) is 12.6. The van der Waals surface area contributed by atoms with Crippen molar-refractivity contribution < 1.29 is 9.59 Å². The van der Waals surface area contributed by atoms with Gasteiger partial charge in [0, 0.05) is 12.1 Å². The number of aromatic nitrogens is 1. The molecule has 5 nitrogen and oxygen atoms in total. The molecule has 1 saturated carbocycles. The number of nitrogens with zero attached hydrogens (tertiary/aromatic N) is 2. The van der Waals surface area contributed by atoms with Crippen molar-refractivity contribution in [2.24, 2.45) is 0 Å². The summed E-state index contributed by atoms with van der Waals surface area (Å²) >= 11 is 1.64. The zero-order valence-corrected chi connectivity index (χ0v) is 19.7. The van der Waals surface area contributed by atoms with Gasteiger partial charge >= 0.3 is 0 Å². The van der Waals surface area contributed by atoms with Crippen LogP contribution in [0.2, 0.25) is 0 Å². The van der Waals surface area contributed by atoms with Gasteiger partial charge in [0.1, 0.15) is 11.2 Å². The van der Waals surface area contributed by atoms with Crippen molar-refractivity contribution in [3.63, 3.8) is 0 Å². The fourth-order valence-corrected chi connectivity index (χ4v) is 6.31. The number of amides is 2. The first-order valence-electron chi connectivity index (χ1n) is 11.7. The Balaban J connectivity index is 1.47. The van der Waals surface area contributed by atoms with Crippen LogP contribution in [0.4, 0.5) is 0 Å². The Morgan fingerprint density at radius 1 is 1.22 bits per heavy atom. The van der Waals surface area contributed by atoms with Gasteiger partial charge in [0.25, 0.3) is 5.91 Å². The number of hydrogen-bond acceptors (Lipinski definition) is 3. The molecule has 0 saturated heterocycles. The maximum absolute atomic E-state index is 13.8. The molecule has 2 unspecified atom stereocenters. The van der Waals surface area contributed by atoms with Crippen molar-refractivity contribution in [2.75, 3.05) is 0 Å². The molecule has 3 aromatic rings. The summed E-state index contributed by atoms with van der Waals surface area (Å²) in [6.45, 7) is 4.53. The van der Waals surface area contributed by atoms with Crippen molar-refractivity contribution in [3.05, 3.63) is 59.1 Å². The lowest BCUT2D eigenvalue weighted by Gasteiger charge is -2.47. The maximum Gasteiger partial charge on any atom is 0.271 e. The van der Waals surface area contributed by atoms with E-state index in [4.69, 9.17) is 0 Å². The molecule has 3 heterocycles. The van der Waals surface area contributed by atoms with E-state index < -0.39 is 5.54 Å². The second-order valence-electron chi connectivity index (χ2n) is 9.56. The van der Waals surface area contributed by atoms with Crippen LogP contribution in [-0.4, -0.2) is 38.9 Å². The van der Waals surface area contributed by atoms with E-state index in [-0.39, 0.29) is 23.9 Å². The number of nitrogens with one attached hydrogen (secondary N) is 1. The van der Waals surface area contributed by atoms with Crippen molar-refractivity contribution in [1.29, 1.82) is 0 Å². The molecule has 6 heteroatoms. The Morgan fingerprint density at radius 3 is 2.72 bits per heavy atom. The number of carbonyl (C=O) groups is 2. The lowest BCUT2D eigenvalue weighted by Crippen LogP contribution is -2.66. The molecule has 1 aliphatic heterocycles. The maximum atomic E-state index is 13.8. The van der Waals surface area contributed by atoms with Crippen LogP contribution in [0.25, 0.3) is 10.2 Å². The van der Waals surface area contributed by atoms with E-state index in [1.165, 1.54) is 5.56 Å². The Labute approximate surface area is 193 Å². The molecular formula is C26H31N3O2S. The summed E-state index contributed by atoms with van der Waals surface area (Å²) in [4.78, 5) is 29.4. The summed E-state index contributed by atoms with van der Waals surface area (Å²) < 4.78 is 3.16. The molecule has 1 N–H and O–H groups in total. The molecule has 168 valence electrons. The standard InChI is InChI=1S/C26H31N3O2S/c1-18(12-13-19-8-4-3-5-9-19)29-24(30)22-16-23-21(14-15-32-23)28(22)17-26(29,2)25(31)27-20-10-6-7-11-20/h3-5,8-9,14-16,18,20H,6-7,10-13,17H2,1-2H3,(H,27,31). The Hall–Kier alpha value is -2.60. The fourth-order valence-electron chi connectivity index (χ4n) is 5.48. The number of rotatable bonds is 6. The van der Waals surface area contributed by atoms with Gasteiger partial charge in [-0.1, -0.05) is 43.2 Å². The minimum absolute atomic E-state index is 0.0213. The highest BCUT2D eigenvalue weighted by atomic mass is 32.1. The third kappa shape index (κ3) is 3.64. The second kappa shape index (κ2) is 8.39. The van der Waals surface area contributed by atoms with Gasteiger partial charge in [0.15, 0.2) is 0 Å². The van der Waals surface area contributed by atoms with Crippen molar-refractivity contribution in [3.8, 4) is 0 Å². The summed E-state index contributed by atoms with van der Waals surface area (Å²) in [5, 5.41) is 5.34. The van der Waals surface area contributed by atoms with Gasteiger partial charge in [-0.2, -0.15) is 0 Å². The van der Waals surface area contributed by atoms with Gasteiger partial charge < -0.3 is 14.8 Å². The summed E-state index contributed by atoms with van der Waals surface area (Å²) in [6, 6.07) is 14.6. The zero-order chi connectivity index (χ0) is 22.3. The molecule has 1 fully saturated rings. The first-order chi connectivity index (χ1) is 15.5. The number of hydrogen-bond donors (Lipinski definition) is 1. The molecule has 2 aliphatic rings. The summed E-state index contributed by atoms with van der Waals surface area (Å²) in [7, 11) is 0. The lowest BCUT2D eigenvalue weighted by molar-refractivity contribution is -0.134. The van der Waals surface area contributed by atoms with Crippen LogP contribution in [0.5, 0.6) is 0 Å². The second-order valence-corrected chi connectivity index (χ2v) is 10.5. The monoisotopic (exact) mass is 449 g/mol. The molecule has 0 bridgehead atoms. The van der Waals surface area contributed by atoms with E-state index in [1.54, 1.807) is 11.3 Å². The minimum atomic E-state index is -0.920. The minimum Gasteiger partial charge on any atom is -0.351 e. The molecule has 2 atom stereocenters. The van der Waals surface area contributed by atoms with Crippen molar-refractivity contribution in [1.82, 2.24) is 14.8 Å². The number of thiophene rings is 1. The predicted octanol–water partition coefficient (Wildman–Crippen LogP) is 5.00. The van der Waals surface area contributed by atoms with E-state index in [2.05, 4.69) is 35.0 Å². The molecule has 0 spiro atoms. The number of aryl methyl sites for hydroxylation is 1. The molecule has 1 aromatic carbocycles. The quantitative estimate of drug-likeness (QED) is 0.576. The summed E-state index contributed by atoms with van der Waals surface area (Å²) in [6.07, 6.45) is 6.08. The van der Waals surface area contributed by atoms with Gasteiger partial charge in [-0.05, 0) is 62.6 Å². The van der Waals surface area contributed by atoms with E-state index in [9.17, 15) is 9.59 Å². The number of carbonyl (C=O) groups excluding carboxylic acids is 2. The van der Waals surface area contributed by atoms with Gasteiger partial charge in [0.05, 0.1) is 16.8 Å². The van der Waals surface area contributed by atoms with Crippen molar-refractivity contribution in [2.45, 2.75) is 76.5 Å². The topological polar surface area (TPSA) is 54.3 Å². The average molecular weight is 450 g/mol. The number of benzene rings is 1. The average Bonchev–Trinajstić information content (AvgIpc) is 3.52. The van der Waals surface area contributed by atoms with Crippen LogP contribution in [0.1, 0.15) is 62.0 Å². The highest BCUT2D eigenvalue weighted by molar-refractivity contribution is 7.17. The molecule has 2 amide bonds. The van der Waals surface area contributed by atoms with E-state index in [1.807, 2.05) is 41.5 Å². The Morgan fingerprint density at radius 2 is 1.97 bits per heavy atom. The SMILES string of the molecule is CC(CCc1ccccc1)N1C(=O)c2cc3sccc3n2CC1(C)C(=O)NC1CCCC1. The molecule has 1 aliphatic carbocycles.